The van der Waals surface area contributed by atoms with Crippen molar-refractivity contribution in [3.8, 4) is 12.1 Å². The highest BCUT2D eigenvalue weighted by Gasteiger charge is 2.58. The van der Waals surface area contributed by atoms with Crippen LogP contribution in [0.5, 0.6) is 0 Å². The number of anilines is 2. The molecular weight excluding hydrogens is 711 g/mol. The first-order chi connectivity index (χ1) is 26.4. The minimum Gasteiger partial charge on any atom is -0.378 e. The molecule has 2 aromatic rings. The van der Waals surface area contributed by atoms with Crippen molar-refractivity contribution in [2.24, 2.45) is 16.9 Å². The Morgan fingerprint density at radius 2 is 1.56 bits per heavy atom. The van der Waals surface area contributed by atoms with Crippen LogP contribution >= 0.6 is 0 Å². The molecule has 2 saturated heterocycles. The van der Waals surface area contributed by atoms with E-state index in [0.29, 0.717) is 55.8 Å². The molecule has 2 aliphatic carbocycles. The Hall–Kier alpha value is -4.80. The molecule has 1 amide bonds. The van der Waals surface area contributed by atoms with E-state index in [9.17, 15) is 33.3 Å². The second kappa shape index (κ2) is 16.1. The molecule has 0 radical (unpaired) electrons. The van der Waals surface area contributed by atoms with Crippen LogP contribution in [0.15, 0.2) is 65.4 Å². The van der Waals surface area contributed by atoms with Gasteiger partial charge in [0.25, 0.3) is 5.91 Å². The standard InChI is InChI=1S/C40H46F3N9O3/c1-25(53)27-5-9-31(10-6-27)48-49-39(54)35-22-52(37-14-12-34(18-29(37)21-45)51-15-2-16-51,36-13-11-32(17-28(36)20-44)46-33-23-55-24-33)50-38(35)47-30-7-3-26(4-8-30)19-40(41,42)43/h3-10,22,28-29,32-34,36-37,46H,2,11-19,23-24H2,1H3,(H2-,47,48,49,50,53,54)/p+1. The van der Waals surface area contributed by atoms with Crippen LogP contribution in [0.2, 0.25) is 0 Å². The number of hydrogen-bond donors (Lipinski definition) is 4. The van der Waals surface area contributed by atoms with E-state index in [4.69, 9.17) is 9.84 Å². The number of carbonyl (C=O) groups is 2. The molecule has 15 heteroatoms. The molecule has 4 N–H and O–H groups in total. The first-order valence-electron chi connectivity index (χ1n) is 19.1. The molecule has 3 heterocycles. The van der Waals surface area contributed by atoms with Gasteiger partial charge in [-0.3, -0.25) is 20.4 Å². The zero-order chi connectivity index (χ0) is 38.7. The highest BCUT2D eigenvalue weighted by molar-refractivity contribution is 6.25. The topological polar surface area (TPSA) is 155 Å². The number of Topliss-reactive ketones (excluding diaryl/α,β-unsaturated/α-hetero) is 1. The zero-order valence-corrected chi connectivity index (χ0v) is 30.8. The molecular formula is C40H47F3N9O3+. The van der Waals surface area contributed by atoms with E-state index in [1.54, 1.807) is 30.5 Å². The van der Waals surface area contributed by atoms with Crippen molar-refractivity contribution in [3.63, 3.8) is 0 Å². The molecule has 7 atom stereocenters. The van der Waals surface area contributed by atoms with E-state index < -0.39 is 30.3 Å². The lowest BCUT2D eigenvalue weighted by Crippen LogP contribution is -2.63. The van der Waals surface area contributed by atoms with Crippen molar-refractivity contribution in [1.29, 1.82) is 10.5 Å². The van der Waals surface area contributed by atoms with E-state index in [1.165, 1.54) is 31.2 Å². The number of likely N-dealkylation sites (tertiary alicyclic amines) is 1. The summed E-state index contributed by atoms with van der Waals surface area (Å²) in [5, 5.41) is 33.7. The van der Waals surface area contributed by atoms with Crippen LogP contribution in [0, 0.1) is 34.5 Å². The van der Waals surface area contributed by atoms with Gasteiger partial charge in [-0.15, -0.1) is 0 Å². The van der Waals surface area contributed by atoms with Gasteiger partial charge < -0.3 is 20.3 Å². The summed E-state index contributed by atoms with van der Waals surface area (Å²) >= 11 is 0. The van der Waals surface area contributed by atoms with E-state index in [1.807, 2.05) is 0 Å². The summed E-state index contributed by atoms with van der Waals surface area (Å²) in [6, 6.07) is 17.5. The first-order valence-corrected chi connectivity index (χ1v) is 19.1. The number of nitrogens with zero attached hydrogens (tertiary/aromatic N) is 5. The fraction of sp³-hybridized carbons (Fsp3) is 0.525. The third kappa shape index (κ3) is 8.55. The predicted molar refractivity (Wildman–Crippen MR) is 199 cm³/mol. The highest BCUT2D eigenvalue weighted by atomic mass is 19.4. The number of carbonyl (C=O) groups excluding carboxylic acids is 2. The molecule has 5 aliphatic rings. The summed E-state index contributed by atoms with van der Waals surface area (Å²) in [5.74, 6) is -1.30. The van der Waals surface area contributed by atoms with Gasteiger partial charge in [-0.1, -0.05) is 17.2 Å². The molecule has 55 heavy (non-hydrogen) atoms. The lowest BCUT2D eigenvalue weighted by molar-refractivity contribution is -0.940. The normalized spacial score (nSPS) is 29.7. The number of ketones is 1. The SMILES string of the molecule is CC(=O)c1ccc(NNC(=O)C2=C[N+](C3CCC(NC4COC4)CC3C#N)(C3CCC(N4CCC4)CC3C#N)N=C2Nc2ccc(CC(F)(F)F)cc2)cc1. The number of benzene rings is 2. The van der Waals surface area contributed by atoms with Crippen LogP contribution in [0.1, 0.15) is 67.8 Å². The Kier molecular flexibility index (Phi) is 11.3. The maximum absolute atomic E-state index is 14.3. The number of amides is 1. The lowest BCUT2D eigenvalue weighted by Gasteiger charge is -2.50. The molecule has 2 aromatic carbocycles. The zero-order valence-electron chi connectivity index (χ0n) is 30.8. The maximum atomic E-state index is 14.3. The van der Waals surface area contributed by atoms with Crippen molar-refractivity contribution in [2.75, 3.05) is 37.0 Å². The maximum Gasteiger partial charge on any atom is 0.393 e. The monoisotopic (exact) mass is 758 g/mol. The predicted octanol–water partition coefficient (Wildman–Crippen LogP) is 5.39. The smallest absolute Gasteiger partial charge is 0.378 e. The number of hydrogen-bond acceptors (Lipinski definition) is 10. The van der Waals surface area contributed by atoms with Gasteiger partial charge >= 0.3 is 6.18 Å². The largest absolute Gasteiger partial charge is 0.393 e. The van der Waals surface area contributed by atoms with Gasteiger partial charge in [0.1, 0.15) is 35.7 Å². The number of nitriles is 2. The Morgan fingerprint density at radius 3 is 2.15 bits per heavy atom. The number of alkyl halides is 3. The fourth-order valence-electron chi connectivity index (χ4n) is 8.84. The number of ether oxygens (including phenoxy) is 1. The number of amidine groups is 1. The summed E-state index contributed by atoms with van der Waals surface area (Å²) in [4.78, 5) is 28.5. The summed E-state index contributed by atoms with van der Waals surface area (Å²) in [5.41, 5.74) is 7.43. The van der Waals surface area contributed by atoms with Crippen LogP contribution in [0.3, 0.4) is 0 Å². The molecule has 7 rings (SSSR count). The number of nitrogens with one attached hydrogen (secondary N) is 4. The third-order valence-electron chi connectivity index (χ3n) is 11.9. The van der Waals surface area contributed by atoms with Crippen molar-refractivity contribution < 1.29 is 32.1 Å². The molecule has 7 unspecified atom stereocenters. The lowest BCUT2D eigenvalue weighted by atomic mass is 9.75. The molecule has 12 nitrogen and oxygen atoms in total. The van der Waals surface area contributed by atoms with Crippen LogP contribution in [-0.2, 0) is 16.0 Å². The van der Waals surface area contributed by atoms with Gasteiger partial charge in [-0.2, -0.15) is 28.3 Å². The highest BCUT2D eigenvalue weighted by Crippen LogP contribution is 2.46. The Bertz CT molecular complexity index is 1880. The van der Waals surface area contributed by atoms with Gasteiger partial charge in [-0.25, -0.2) is 0 Å². The minimum absolute atomic E-state index is 0.0914. The van der Waals surface area contributed by atoms with Gasteiger partial charge in [0.15, 0.2) is 5.78 Å². The van der Waals surface area contributed by atoms with Crippen LogP contribution < -0.4 is 21.5 Å². The van der Waals surface area contributed by atoms with Crippen LogP contribution in [0.25, 0.3) is 0 Å². The average Bonchev–Trinajstić information content (AvgIpc) is 3.51. The Balaban J connectivity index is 1.25. The van der Waals surface area contributed by atoms with Crippen molar-refractivity contribution in [1.82, 2.24) is 15.6 Å². The van der Waals surface area contributed by atoms with Gasteiger partial charge in [0.05, 0.1) is 43.5 Å². The number of rotatable bonds is 11. The number of quaternary nitrogens is 1. The fourth-order valence-corrected chi connectivity index (χ4v) is 8.84. The molecule has 2 saturated carbocycles. The average molecular weight is 759 g/mol. The molecule has 0 bridgehead atoms. The van der Waals surface area contributed by atoms with E-state index in [0.717, 1.165) is 32.4 Å². The molecule has 3 aliphatic heterocycles. The minimum atomic E-state index is -4.36. The molecule has 0 spiro atoms. The van der Waals surface area contributed by atoms with Crippen LogP contribution in [-0.4, -0.2) is 89.7 Å². The Morgan fingerprint density at radius 1 is 0.909 bits per heavy atom. The summed E-state index contributed by atoms with van der Waals surface area (Å²) in [6.45, 7) is 4.75. The summed E-state index contributed by atoms with van der Waals surface area (Å²) in [6.07, 6.45) is 1.63. The molecule has 4 fully saturated rings. The van der Waals surface area contributed by atoms with Crippen molar-refractivity contribution in [2.45, 2.75) is 94.7 Å². The van der Waals surface area contributed by atoms with Crippen LogP contribution in [0.4, 0.5) is 24.5 Å². The summed E-state index contributed by atoms with van der Waals surface area (Å²) < 4.78 is 44.7. The third-order valence-corrected chi connectivity index (χ3v) is 11.9. The second-order valence-corrected chi connectivity index (χ2v) is 15.5. The number of hydrazine groups is 1. The first kappa shape index (κ1) is 38.5. The quantitative estimate of drug-likeness (QED) is 0.134. The van der Waals surface area contributed by atoms with Gasteiger partial charge in [-0.05, 0) is 94.1 Å². The Labute approximate surface area is 318 Å². The van der Waals surface area contributed by atoms with Crippen molar-refractivity contribution in [3.05, 3.63) is 71.4 Å². The summed E-state index contributed by atoms with van der Waals surface area (Å²) in [7, 11) is 0. The molecule has 0 aromatic heterocycles. The van der Waals surface area contributed by atoms with Gasteiger partial charge in [0.2, 0.25) is 5.84 Å². The molecule has 290 valence electrons. The van der Waals surface area contributed by atoms with Gasteiger partial charge in [0, 0.05) is 36.2 Å². The van der Waals surface area contributed by atoms with E-state index in [-0.39, 0.29) is 57.6 Å². The van der Waals surface area contributed by atoms with E-state index in [2.05, 4.69) is 38.5 Å². The number of halogens is 3. The van der Waals surface area contributed by atoms with E-state index >= 15 is 0 Å². The van der Waals surface area contributed by atoms with Crippen molar-refractivity contribution >= 4 is 28.9 Å². The second-order valence-electron chi connectivity index (χ2n) is 15.5.